The minimum Gasteiger partial charge on any atom is -0.452 e. The standard InChI is InChI=1S/C16H19ClN2O5/c1-10-4-3-5-11(2)18(10)15(20)9-24-16(21)12-6-7-13(17)14(8-12)19(22)23/h6-8,10-11H,3-5,9H2,1-2H3/t10-,11+. The Morgan fingerprint density at radius 1 is 1.33 bits per heavy atom. The van der Waals surface area contributed by atoms with E-state index in [1.54, 1.807) is 4.90 Å². The van der Waals surface area contributed by atoms with Gasteiger partial charge in [0.1, 0.15) is 5.02 Å². The number of ether oxygens (including phenoxy) is 1. The lowest BCUT2D eigenvalue weighted by Crippen LogP contribution is -2.49. The number of nitro benzene ring substituents is 1. The molecule has 0 bridgehead atoms. The summed E-state index contributed by atoms with van der Waals surface area (Å²) in [5, 5.41) is 10.8. The highest BCUT2D eigenvalue weighted by atomic mass is 35.5. The molecule has 0 aliphatic carbocycles. The molecule has 1 aromatic carbocycles. The number of nitro groups is 1. The van der Waals surface area contributed by atoms with Gasteiger partial charge in [0.25, 0.3) is 11.6 Å². The zero-order chi connectivity index (χ0) is 17.9. The molecule has 1 amide bonds. The number of hydrogen-bond acceptors (Lipinski definition) is 5. The minimum atomic E-state index is -0.791. The van der Waals surface area contributed by atoms with Crippen molar-refractivity contribution in [2.45, 2.75) is 45.2 Å². The van der Waals surface area contributed by atoms with Crippen LogP contribution in [0.2, 0.25) is 5.02 Å². The molecule has 1 saturated heterocycles. The lowest BCUT2D eigenvalue weighted by molar-refractivity contribution is -0.384. The third kappa shape index (κ3) is 4.03. The lowest BCUT2D eigenvalue weighted by atomic mass is 9.97. The van der Waals surface area contributed by atoms with Gasteiger partial charge in [-0.25, -0.2) is 4.79 Å². The number of hydrogen-bond donors (Lipinski definition) is 0. The van der Waals surface area contributed by atoms with Crippen LogP contribution in [-0.4, -0.2) is 40.4 Å². The maximum atomic E-state index is 12.3. The van der Waals surface area contributed by atoms with Crippen molar-refractivity contribution < 1.29 is 19.2 Å². The summed E-state index contributed by atoms with van der Waals surface area (Å²) < 4.78 is 5.02. The number of carbonyl (C=O) groups is 2. The second-order valence-electron chi connectivity index (χ2n) is 5.93. The molecule has 1 aromatic rings. The van der Waals surface area contributed by atoms with E-state index in [1.165, 1.54) is 12.1 Å². The van der Waals surface area contributed by atoms with E-state index >= 15 is 0 Å². The van der Waals surface area contributed by atoms with Gasteiger partial charge in [-0.15, -0.1) is 0 Å². The Bertz CT molecular complexity index is 654. The first kappa shape index (κ1) is 18.2. The van der Waals surface area contributed by atoms with E-state index in [9.17, 15) is 19.7 Å². The van der Waals surface area contributed by atoms with E-state index in [0.717, 1.165) is 25.3 Å². The molecule has 24 heavy (non-hydrogen) atoms. The SMILES string of the molecule is C[C@@H]1CCC[C@H](C)N1C(=O)COC(=O)c1ccc(Cl)c([N+](=O)[O-])c1. The second-order valence-corrected chi connectivity index (χ2v) is 6.34. The van der Waals surface area contributed by atoms with Crippen molar-refractivity contribution in [3.63, 3.8) is 0 Å². The van der Waals surface area contributed by atoms with Gasteiger partial charge in [-0.3, -0.25) is 14.9 Å². The maximum absolute atomic E-state index is 12.3. The first-order chi connectivity index (χ1) is 11.3. The summed E-state index contributed by atoms with van der Waals surface area (Å²) in [7, 11) is 0. The van der Waals surface area contributed by atoms with Gasteiger partial charge in [-0.05, 0) is 45.2 Å². The van der Waals surface area contributed by atoms with Crippen LogP contribution in [0.5, 0.6) is 0 Å². The van der Waals surface area contributed by atoms with Gasteiger partial charge in [-0.1, -0.05) is 11.6 Å². The van der Waals surface area contributed by atoms with Crippen molar-refractivity contribution in [1.82, 2.24) is 4.90 Å². The van der Waals surface area contributed by atoms with Gasteiger partial charge in [-0.2, -0.15) is 0 Å². The topological polar surface area (TPSA) is 89.8 Å². The summed E-state index contributed by atoms with van der Waals surface area (Å²) >= 11 is 5.70. The molecule has 0 saturated carbocycles. The third-order valence-electron chi connectivity index (χ3n) is 4.19. The minimum absolute atomic E-state index is 0.0151. The van der Waals surface area contributed by atoms with Crippen molar-refractivity contribution in [3.8, 4) is 0 Å². The largest absolute Gasteiger partial charge is 0.452 e. The van der Waals surface area contributed by atoms with Crippen LogP contribution in [0, 0.1) is 10.1 Å². The van der Waals surface area contributed by atoms with Gasteiger partial charge in [0, 0.05) is 18.2 Å². The Kier molecular flexibility index (Phi) is 5.77. The molecule has 8 heteroatoms. The summed E-state index contributed by atoms with van der Waals surface area (Å²) in [4.78, 5) is 36.2. The number of carbonyl (C=O) groups excluding carboxylic acids is 2. The second kappa shape index (κ2) is 7.61. The van der Waals surface area contributed by atoms with Crippen molar-refractivity contribution >= 4 is 29.2 Å². The number of nitrogens with zero attached hydrogens (tertiary/aromatic N) is 2. The normalized spacial score (nSPS) is 20.5. The van der Waals surface area contributed by atoms with Gasteiger partial charge in [0.2, 0.25) is 0 Å². The predicted octanol–water partition coefficient (Wildman–Crippen LogP) is 3.19. The smallest absolute Gasteiger partial charge is 0.338 e. The summed E-state index contributed by atoms with van der Waals surface area (Å²) in [5.41, 5.74) is -0.394. The highest BCUT2D eigenvalue weighted by Gasteiger charge is 2.29. The summed E-state index contributed by atoms with van der Waals surface area (Å²) in [6.45, 7) is 3.56. The predicted molar refractivity (Wildman–Crippen MR) is 88.0 cm³/mol. The van der Waals surface area contributed by atoms with Crippen molar-refractivity contribution in [1.29, 1.82) is 0 Å². The Morgan fingerprint density at radius 3 is 2.54 bits per heavy atom. The zero-order valence-electron chi connectivity index (χ0n) is 13.5. The molecule has 2 rings (SSSR count). The molecule has 0 N–H and O–H groups in total. The van der Waals surface area contributed by atoms with Crippen LogP contribution in [0.3, 0.4) is 0 Å². The summed E-state index contributed by atoms with van der Waals surface area (Å²) in [6, 6.07) is 3.84. The van der Waals surface area contributed by atoms with Gasteiger partial charge < -0.3 is 9.64 Å². The Hall–Kier alpha value is -2.15. The number of benzene rings is 1. The van der Waals surface area contributed by atoms with E-state index in [-0.39, 0.29) is 40.9 Å². The Labute approximate surface area is 144 Å². The van der Waals surface area contributed by atoms with Gasteiger partial charge in [0.15, 0.2) is 6.61 Å². The quantitative estimate of drug-likeness (QED) is 0.470. The van der Waals surface area contributed by atoms with Gasteiger partial charge in [0.05, 0.1) is 10.5 Å². The van der Waals surface area contributed by atoms with E-state index < -0.39 is 10.9 Å². The third-order valence-corrected chi connectivity index (χ3v) is 4.51. The van der Waals surface area contributed by atoms with E-state index in [1.807, 2.05) is 13.8 Å². The fourth-order valence-corrected chi connectivity index (χ4v) is 3.16. The van der Waals surface area contributed by atoms with Crippen LogP contribution in [0.4, 0.5) is 5.69 Å². The van der Waals surface area contributed by atoms with E-state index in [4.69, 9.17) is 16.3 Å². The Balaban J connectivity index is 2.01. The average molecular weight is 355 g/mol. The van der Waals surface area contributed by atoms with Crippen LogP contribution in [0.25, 0.3) is 0 Å². The first-order valence-electron chi connectivity index (χ1n) is 7.73. The van der Waals surface area contributed by atoms with Crippen LogP contribution in [0.15, 0.2) is 18.2 Å². The number of esters is 1. The molecular formula is C16H19ClN2O5. The molecular weight excluding hydrogens is 336 g/mol. The molecule has 0 aromatic heterocycles. The van der Waals surface area contributed by atoms with Crippen molar-refractivity contribution in [3.05, 3.63) is 38.9 Å². The van der Waals surface area contributed by atoms with Crippen LogP contribution in [-0.2, 0) is 9.53 Å². The van der Waals surface area contributed by atoms with E-state index in [2.05, 4.69) is 0 Å². The van der Waals surface area contributed by atoms with Crippen LogP contribution < -0.4 is 0 Å². The fraction of sp³-hybridized carbons (Fsp3) is 0.500. The summed E-state index contributed by atoms with van der Waals surface area (Å²) in [5.74, 6) is -1.05. The molecule has 7 nitrogen and oxygen atoms in total. The van der Waals surface area contributed by atoms with Crippen molar-refractivity contribution in [2.75, 3.05) is 6.61 Å². The number of halogens is 1. The number of likely N-dealkylation sites (tertiary alicyclic amines) is 1. The molecule has 1 aliphatic heterocycles. The molecule has 0 radical (unpaired) electrons. The lowest BCUT2D eigenvalue weighted by Gasteiger charge is -2.38. The maximum Gasteiger partial charge on any atom is 0.338 e. The number of amides is 1. The molecule has 1 heterocycles. The number of rotatable bonds is 4. The van der Waals surface area contributed by atoms with Crippen LogP contribution >= 0.6 is 11.6 Å². The molecule has 130 valence electrons. The number of piperidine rings is 1. The first-order valence-corrected chi connectivity index (χ1v) is 8.11. The summed E-state index contributed by atoms with van der Waals surface area (Å²) in [6.07, 6.45) is 2.92. The Morgan fingerprint density at radius 2 is 1.96 bits per heavy atom. The highest BCUT2D eigenvalue weighted by molar-refractivity contribution is 6.32. The molecule has 0 unspecified atom stereocenters. The molecule has 1 aliphatic rings. The average Bonchev–Trinajstić information content (AvgIpc) is 2.52. The zero-order valence-corrected chi connectivity index (χ0v) is 14.3. The highest BCUT2D eigenvalue weighted by Crippen LogP contribution is 2.26. The molecule has 2 atom stereocenters. The monoisotopic (exact) mass is 354 g/mol. The molecule has 0 spiro atoms. The van der Waals surface area contributed by atoms with Gasteiger partial charge >= 0.3 is 5.97 Å². The van der Waals surface area contributed by atoms with Crippen molar-refractivity contribution in [2.24, 2.45) is 0 Å². The fourth-order valence-electron chi connectivity index (χ4n) is 2.98. The van der Waals surface area contributed by atoms with E-state index in [0.29, 0.717) is 0 Å². The van der Waals surface area contributed by atoms with Crippen LogP contribution in [0.1, 0.15) is 43.5 Å². The molecule has 1 fully saturated rings.